The molecule has 0 spiro atoms. The number of halogens is 1. The Morgan fingerprint density at radius 3 is 2.52 bits per heavy atom. The van der Waals surface area contributed by atoms with Gasteiger partial charge in [-0.1, -0.05) is 6.92 Å². The lowest BCUT2D eigenvalue weighted by Gasteiger charge is -2.32. The molecule has 0 bridgehead atoms. The maximum Gasteiger partial charge on any atom is 0.324 e. The van der Waals surface area contributed by atoms with Crippen LogP contribution in [0, 0.1) is 0 Å². The number of hydrogen-bond acceptors (Lipinski definition) is 4. The first-order valence-corrected chi connectivity index (χ1v) is 8.99. The lowest BCUT2D eigenvalue weighted by atomic mass is 10.1. The van der Waals surface area contributed by atoms with Crippen molar-refractivity contribution in [1.82, 2.24) is 25.8 Å². The second-order valence-corrected chi connectivity index (χ2v) is 6.22. The van der Waals surface area contributed by atoms with E-state index in [1.807, 2.05) is 6.92 Å². The minimum atomic E-state index is -0.323. The van der Waals surface area contributed by atoms with Crippen LogP contribution in [0.3, 0.4) is 0 Å². The van der Waals surface area contributed by atoms with Gasteiger partial charge in [-0.2, -0.15) is 0 Å². The number of carbonyl (C=O) groups excluding carboxylic acids is 2. The second kappa shape index (κ2) is 11.5. The van der Waals surface area contributed by atoms with Gasteiger partial charge >= 0.3 is 6.03 Å². The van der Waals surface area contributed by atoms with E-state index in [2.05, 4.69) is 32.8 Å². The smallest absolute Gasteiger partial charge is 0.324 e. The fraction of sp³-hybridized carbons (Fsp3) is 0.812. The Morgan fingerprint density at radius 2 is 1.96 bits per heavy atom. The number of aliphatic imine (C=N–C) groups is 1. The van der Waals surface area contributed by atoms with E-state index in [4.69, 9.17) is 0 Å². The number of nitrogens with one attached hydrogen (secondary N) is 3. The summed E-state index contributed by atoms with van der Waals surface area (Å²) < 4.78 is 0. The molecule has 0 atom stereocenters. The Balaban J connectivity index is 0.00000312. The number of rotatable bonds is 7. The third-order valence-electron chi connectivity index (χ3n) is 4.34. The maximum atomic E-state index is 11.5. The molecule has 2 fully saturated rings. The number of hydrogen-bond donors (Lipinski definition) is 3. The van der Waals surface area contributed by atoms with E-state index in [1.54, 1.807) is 0 Å². The standard InChI is InChI=1S/C16H30N6O2.HI/c1-3-8-21-9-5-13(6-10-21)20-15(17-4-2)18-7-11-22-14(23)12-19-16(22)24;/h13H,3-12H2,1-2H3,(H,19,24)(H2,17,18,20);1H. The Bertz CT molecular complexity index is 450. The van der Waals surface area contributed by atoms with E-state index in [1.165, 1.54) is 17.9 Å². The zero-order chi connectivity index (χ0) is 17.4. The molecule has 2 saturated heterocycles. The maximum absolute atomic E-state index is 11.5. The minimum Gasteiger partial charge on any atom is -0.357 e. The SMILES string of the molecule is CCCN1CCC(NC(=NCCN2C(=O)CNC2=O)NCC)CC1.I. The predicted molar refractivity (Wildman–Crippen MR) is 109 cm³/mol. The quantitative estimate of drug-likeness (QED) is 0.221. The Morgan fingerprint density at radius 1 is 1.24 bits per heavy atom. The molecule has 3 N–H and O–H groups in total. The van der Waals surface area contributed by atoms with Crippen LogP contribution in [0.5, 0.6) is 0 Å². The molecule has 8 nitrogen and oxygen atoms in total. The topological polar surface area (TPSA) is 89.1 Å². The van der Waals surface area contributed by atoms with Crippen molar-refractivity contribution >= 4 is 41.9 Å². The highest BCUT2D eigenvalue weighted by Crippen LogP contribution is 2.10. The Kier molecular flexibility index (Phi) is 10.1. The zero-order valence-corrected chi connectivity index (χ0v) is 17.5. The number of amides is 3. The van der Waals surface area contributed by atoms with Crippen LogP contribution >= 0.6 is 24.0 Å². The molecule has 0 saturated carbocycles. The van der Waals surface area contributed by atoms with E-state index >= 15 is 0 Å². The average molecular weight is 466 g/mol. The zero-order valence-electron chi connectivity index (χ0n) is 15.2. The van der Waals surface area contributed by atoms with E-state index in [9.17, 15) is 9.59 Å². The number of urea groups is 1. The Hall–Kier alpha value is -1.10. The molecular weight excluding hydrogens is 435 g/mol. The van der Waals surface area contributed by atoms with E-state index in [-0.39, 0.29) is 42.5 Å². The fourth-order valence-electron chi connectivity index (χ4n) is 3.07. The monoisotopic (exact) mass is 466 g/mol. The molecule has 2 aliphatic rings. The van der Waals surface area contributed by atoms with Gasteiger partial charge in [0.25, 0.3) is 0 Å². The van der Waals surface area contributed by atoms with Crippen LogP contribution in [0.1, 0.15) is 33.1 Å². The van der Waals surface area contributed by atoms with Gasteiger partial charge in [-0.3, -0.25) is 14.7 Å². The fourth-order valence-corrected chi connectivity index (χ4v) is 3.07. The second-order valence-electron chi connectivity index (χ2n) is 6.22. The molecule has 2 rings (SSSR count). The van der Waals surface area contributed by atoms with Crippen LogP contribution in [0.4, 0.5) is 4.79 Å². The van der Waals surface area contributed by atoms with Crippen molar-refractivity contribution in [3.8, 4) is 0 Å². The molecule has 0 aliphatic carbocycles. The molecule has 3 amide bonds. The van der Waals surface area contributed by atoms with Crippen LogP contribution in [0.2, 0.25) is 0 Å². The summed E-state index contributed by atoms with van der Waals surface area (Å²) >= 11 is 0. The normalized spacial score (nSPS) is 19.6. The molecule has 0 radical (unpaired) electrons. The summed E-state index contributed by atoms with van der Waals surface area (Å²) in [7, 11) is 0. The van der Waals surface area contributed by atoms with Crippen LogP contribution < -0.4 is 16.0 Å². The van der Waals surface area contributed by atoms with Gasteiger partial charge in [0.15, 0.2) is 5.96 Å². The number of piperidine rings is 1. The lowest BCUT2D eigenvalue weighted by molar-refractivity contribution is -0.124. The van der Waals surface area contributed by atoms with Crippen LogP contribution in [0.15, 0.2) is 4.99 Å². The lowest BCUT2D eigenvalue weighted by Crippen LogP contribution is -2.49. The number of guanidine groups is 1. The summed E-state index contributed by atoms with van der Waals surface area (Å²) in [6, 6.07) is 0.101. The summed E-state index contributed by atoms with van der Waals surface area (Å²) in [4.78, 5) is 31.3. The summed E-state index contributed by atoms with van der Waals surface area (Å²) in [5, 5.41) is 9.23. The van der Waals surface area contributed by atoms with Gasteiger partial charge in [0.2, 0.25) is 5.91 Å². The highest BCUT2D eigenvalue weighted by atomic mass is 127. The molecule has 2 aliphatic heterocycles. The highest BCUT2D eigenvalue weighted by molar-refractivity contribution is 14.0. The first kappa shape index (κ1) is 21.9. The van der Waals surface area contributed by atoms with E-state index in [0.29, 0.717) is 19.1 Å². The largest absolute Gasteiger partial charge is 0.357 e. The van der Waals surface area contributed by atoms with Crippen molar-refractivity contribution in [3.05, 3.63) is 0 Å². The third-order valence-corrected chi connectivity index (χ3v) is 4.34. The summed E-state index contributed by atoms with van der Waals surface area (Å²) in [6.07, 6.45) is 3.42. The van der Waals surface area contributed by atoms with Crippen molar-refractivity contribution in [1.29, 1.82) is 0 Å². The predicted octanol–water partition coefficient (Wildman–Crippen LogP) is 0.586. The van der Waals surface area contributed by atoms with Gasteiger partial charge in [-0.05, 0) is 32.7 Å². The van der Waals surface area contributed by atoms with Gasteiger partial charge in [0, 0.05) is 25.7 Å². The molecule has 2 heterocycles. The third kappa shape index (κ3) is 6.96. The van der Waals surface area contributed by atoms with Gasteiger partial charge < -0.3 is 20.9 Å². The summed E-state index contributed by atoms with van der Waals surface area (Å²) in [5.74, 6) is 0.579. The molecule has 0 aromatic heterocycles. The molecular formula is C16H31IN6O2. The van der Waals surface area contributed by atoms with Gasteiger partial charge in [0.05, 0.1) is 19.6 Å². The van der Waals surface area contributed by atoms with Crippen molar-refractivity contribution in [3.63, 3.8) is 0 Å². The number of nitrogens with zero attached hydrogens (tertiary/aromatic N) is 3. The first-order valence-electron chi connectivity index (χ1n) is 8.99. The molecule has 0 aromatic rings. The Labute approximate surface area is 167 Å². The number of imide groups is 1. The number of likely N-dealkylation sites (tertiary alicyclic amines) is 1. The average Bonchev–Trinajstić information content (AvgIpc) is 2.89. The van der Waals surface area contributed by atoms with E-state index < -0.39 is 0 Å². The number of carbonyl (C=O) groups is 2. The first-order chi connectivity index (χ1) is 11.6. The van der Waals surface area contributed by atoms with Crippen molar-refractivity contribution in [2.75, 3.05) is 45.8 Å². The molecule has 25 heavy (non-hydrogen) atoms. The van der Waals surface area contributed by atoms with Gasteiger partial charge in [-0.15, -0.1) is 24.0 Å². The van der Waals surface area contributed by atoms with Gasteiger partial charge in [0.1, 0.15) is 0 Å². The highest BCUT2D eigenvalue weighted by Gasteiger charge is 2.27. The van der Waals surface area contributed by atoms with Crippen molar-refractivity contribution in [2.45, 2.75) is 39.2 Å². The summed E-state index contributed by atoms with van der Waals surface area (Å²) in [5.41, 5.74) is 0. The van der Waals surface area contributed by atoms with Crippen LogP contribution in [-0.2, 0) is 4.79 Å². The van der Waals surface area contributed by atoms with Crippen molar-refractivity contribution < 1.29 is 9.59 Å². The molecule has 144 valence electrons. The van der Waals surface area contributed by atoms with Crippen molar-refractivity contribution in [2.24, 2.45) is 4.99 Å². The molecule has 9 heteroatoms. The minimum absolute atomic E-state index is 0. The van der Waals surface area contributed by atoms with Crippen LogP contribution in [0.25, 0.3) is 0 Å². The summed E-state index contributed by atoms with van der Waals surface area (Å²) in [6.45, 7) is 9.25. The van der Waals surface area contributed by atoms with Gasteiger partial charge in [-0.25, -0.2) is 4.79 Å². The van der Waals surface area contributed by atoms with E-state index in [0.717, 1.165) is 38.4 Å². The van der Waals surface area contributed by atoms with Crippen LogP contribution in [-0.4, -0.2) is 79.6 Å². The molecule has 0 aromatic carbocycles. The molecule has 0 unspecified atom stereocenters.